The van der Waals surface area contributed by atoms with Crippen molar-refractivity contribution in [2.75, 3.05) is 13.2 Å². The first-order valence-corrected chi connectivity index (χ1v) is 9.17. The predicted molar refractivity (Wildman–Crippen MR) is 99.4 cm³/mol. The van der Waals surface area contributed by atoms with Gasteiger partial charge in [0.25, 0.3) is 0 Å². The first-order chi connectivity index (χ1) is 12.1. The fourth-order valence-corrected chi connectivity index (χ4v) is 2.73. The second-order valence-electron chi connectivity index (χ2n) is 5.71. The van der Waals surface area contributed by atoms with Crippen LogP contribution in [0.25, 0.3) is 0 Å². The van der Waals surface area contributed by atoms with E-state index in [4.69, 9.17) is 21.1 Å². The molecule has 1 aromatic heterocycles. The quantitative estimate of drug-likeness (QED) is 0.688. The van der Waals surface area contributed by atoms with Crippen molar-refractivity contribution in [2.45, 2.75) is 53.2 Å². The first kappa shape index (κ1) is 19.5. The average molecular weight is 367 g/mol. The highest BCUT2D eigenvalue weighted by Crippen LogP contribution is 2.34. The van der Waals surface area contributed by atoms with E-state index in [-0.39, 0.29) is 6.04 Å². The van der Waals surface area contributed by atoms with Gasteiger partial charge in [0.15, 0.2) is 11.5 Å². The molecular weight excluding hydrogens is 340 g/mol. The Balaban J connectivity index is 2.11. The van der Waals surface area contributed by atoms with Gasteiger partial charge in [0.05, 0.1) is 19.3 Å². The van der Waals surface area contributed by atoms with E-state index in [2.05, 4.69) is 29.2 Å². The molecule has 6 nitrogen and oxygen atoms in total. The average Bonchev–Trinajstić information content (AvgIpc) is 3.09. The number of ether oxygens (including phenoxy) is 2. The number of nitrogens with zero attached hydrogens (tertiary/aromatic N) is 3. The number of aromatic nitrogens is 3. The lowest BCUT2D eigenvalue weighted by atomic mass is 10.1. The molecule has 138 valence electrons. The molecule has 0 fully saturated rings. The fourth-order valence-electron chi connectivity index (χ4n) is 2.51. The van der Waals surface area contributed by atoms with E-state index >= 15 is 0 Å². The summed E-state index contributed by atoms with van der Waals surface area (Å²) in [5, 5.41) is 8.31. The monoisotopic (exact) mass is 366 g/mol. The second kappa shape index (κ2) is 9.63. The Morgan fingerprint density at radius 1 is 1.20 bits per heavy atom. The van der Waals surface area contributed by atoms with Crippen LogP contribution < -0.4 is 14.8 Å². The third kappa shape index (κ3) is 5.09. The summed E-state index contributed by atoms with van der Waals surface area (Å²) >= 11 is 6.44. The molecule has 0 bridgehead atoms. The molecule has 0 saturated heterocycles. The van der Waals surface area contributed by atoms with Gasteiger partial charge in [-0.05, 0) is 38.8 Å². The number of nitrogens with one attached hydrogen (secondary N) is 1. The van der Waals surface area contributed by atoms with E-state index in [1.54, 1.807) is 6.33 Å². The molecule has 0 aliphatic rings. The van der Waals surface area contributed by atoms with Crippen molar-refractivity contribution in [2.24, 2.45) is 0 Å². The molecule has 25 heavy (non-hydrogen) atoms. The standard InChI is InChI=1S/C18H27ClN4O2/c1-5-8-25-17-10-15(19)14(9-16(17)24-7-3)11-20-13(4)18-21-12-22-23(18)6-2/h9-10,12-13,20H,5-8,11H2,1-4H3/t13-/m1/s1. The number of hydrogen-bond acceptors (Lipinski definition) is 5. The van der Waals surface area contributed by atoms with Crippen molar-refractivity contribution in [3.63, 3.8) is 0 Å². The molecule has 1 heterocycles. The topological polar surface area (TPSA) is 61.2 Å². The number of hydrogen-bond donors (Lipinski definition) is 1. The molecule has 0 amide bonds. The third-order valence-electron chi connectivity index (χ3n) is 3.81. The van der Waals surface area contributed by atoms with Gasteiger partial charge in [-0.3, -0.25) is 0 Å². The van der Waals surface area contributed by atoms with Crippen LogP contribution in [0.1, 0.15) is 51.5 Å². The Kier molecular flexibility index (Phi) is 7.52. The summed E-state index contributed by atoms with van der Waals surface area (Å²) in [5.41, 5.74) is 0.961. The Morgan fingerprint density at radius 2 is 1.96 bits per heavy atom. The zero-order valence-corrected chi connectivity index (χ0v) is 16.1. The van der Waals surface area contributed by atoms with E-state index in [0.717, 1.165) is 30.1 Å². The van der Waals surface area contributed by atoms with Gasteiger partial charge in [0, 0.05) is 24.2 Å². The van der Waals surface area contributed by atoms with Crippen LogP contribution >= 0.6 is 11.6 Å². The summed E-state index contributed by atoms with van der Waals surface area (Å²) in [7, 11) is 0. The maximum absolute atomic E-state index is 6.44. The number of halogens is 1. The molecule has 2 rings (SSSR count). The highest BCUT2D eigenvalue weighted by molar-refractivity contribution is 6.31. The van der Waals surface area contributed by atoms with E-state index in [0.29, 0.717) is 30.5 Å². The Morgan fingerprint density at radius 3 is 2.64 bits per heavy atom. The summed E-state index contributed by atoms with van der Waals surface area (Å²) in [6, 6.07) is 3.84. The predicted octanol–water partition coefficient (Wildman–Crippen LogP) is 3.99. The highest BCUT2D eigenvalue weighted by Gasteiger charge is 2.15. The second-order valence-corrected chi connectivity index (χ2v) is 6.12. The maximum atomic E-state index is 6.44. The fraction of sp³-hybridized carbons (Fsp3) is 0.556. The van der Waals surface area contributed by atoms with Crippen molar-refractivity contribution < 1.29 is 9.47 Å². The zero-order valence-electron chi connectivity index (χ0n) is 15.4. The molecular formula is C18H27ClN4O2. The molecule has 1 atom stereocenters. The molecule has 2 aromatic rings. The van der Waals surface area contributed by atoms with Crippen LogP contribution in [0.15, 0.2) is 18.5 Å². The van der Waals surface area contributed by atoms with Crippen LogP contribution in [0.3, 0.4) is 0 Å². The molecule has 0 aliphatic heterocycles. The van der Waals surface area contributed by atoms with E-state index in [1.165, 1.54) is 0 Å². The van der Waals surface area contributed by atoms with Gasteiger partial charge < -0.3 is 14.8 Å². The number of benzene rings is 1. The van der Waals surface area contributed by atoms with Crippen molar-refractivity contribution in [1.82, 2.24) is 20.1 Å². The van der Waals surface area contributed by atoms with Crippen LogP contribution in [0.2, 0.25) is 5.02 Å². The van der Waals surface area contributed by atoms with Gasteiger partial charge in [-0.25, -0.2) is 9.67 Å². The minimum atomic E-state index is 0.0603. The van der Waals surface area contributed by atoms with Gasteiger partial charge in [0.1, 0.15) is 12.2 Å². The lowest BCUT2D eigenvalue weighted by Gasteiger charge is -2.17. The molecule has 0 unspecified atom stereocenters. The summed E-state index contributed by atoms with van der Waals surface area (Å²) in [6.07, 6.45) is 2.51. The minimum Gasteiger partial charge on any atom is -0.490 e. The summed E-state index contributed by atoms with van der Waals surface area (Å²) < 4.78 is 13.3. The summed E-state index contributed by atoms with van der Waals surface area (Å²) in [4.78, 5) is 4.33. The Bertz CT molecular complexity index is 675. The molecule has 0 radical (unpaired) electrons. The maximum Gasteiger partial charge on any atom is 0.162 e. The van der Waals surface area contributed by atoms with Gasteiger partial charge >= 0.3 is 0 Å². The first-order valence-electron chi connectivity index (χ1n) is 8.79. The Labute approximate surface area is 154 Å². The van der Waals surface area contributed by atoms with Gasteiger partial charge in [-0.2, -0.15) is 5.10 Å². The van der Waals surface area contributed by atoms with E-state index < -0.39 is 0 Å². The van der Waals surface area contributed by atoms with E-state index in [9.17, 15) is 0 Å². The molecule has 1 N–H and O–H groups in total. The third-order valence-corrected chi connectivity index (χ3v) is 4.16. The molecule has 1 aromatic carbocycles. The largest absolute Gasteiger partial charge is 0.490 e. The lowest BCUT2D eigenvalue weighted by molar-refractivity contribution is 0.276. The van der Waals surface area contributed by atoms with E-state index in [1.807, 2.05) is 30.7 Å². The molecule has 0 saturated carbocycles. The van der Waals surface area contributed by atoms with Crippen molar-refractivity contribution in [1.29, 1.82) is 0 Å². The zero-order chi connectivity index (χ0) is 18.2. The summed E-state index contributed by atoms with van der Waals surface area (Å²) in [5.74, 6) is 2.32. The van der Waals surface area contributed by atoms with Crippen molar-refractivity contribution in [3.8, 4) is 11.5 Å². The normalized spacial score (nSPS) is 12.2. The lowest BCUT2D eigenvalue weighted by Crippen LogP contribution is -2.22. The smallest absolute Gasteiger partial charge is 0.162 e. The van der Waals surface area contributed by atoms with Crippen LogP contribution in [0.5, 0.6) is 11.5 Å². The van der Waals surface area contributed by atoms with Crippen LogP contribution in [0, 0.1) is 0 Å². The van der Waals surface area contributed by atoms with Gasteiger partial charge in [0.2, 0.25) is 0 Å². The molecule has 0 spiro atoms. The van der Waals surface area contributed by atoms with Crippen molar-refractivity contribution in [3.05, 3.63) is 34.9 Å². The van der Waals surface area contributed by atoms with Crippen molar-refractivity contribution >= 4 is 11.6 Å². The van der Waals surface area contributed by atoms with Crippen LogP contribution in [-0.4, -0.2) is 28.0 Å². The van der Waals surface area contributed by atoms with Gasteiger partial charge in [-0.15, -0.1) is 0 Å². The highest BCUT2D eigenvalue weighted by atomic mass is 35.5. The molecule has 0 aliphatic carbocycles. The van der Waals surface area contributed by atoms with Crippen LogP contribution in [-0.2, 0) is 13.1 Å². The number of rotatable bonds is 10. The molecule has 7 heteroatoms. The Hall–Kier alpha value is -1.79. The minimum absolute atomic E-state index is 0.0603. The SMILES string of the molecule is CCCOc1cc(Cl)c(CN[C@H](C)c2ncnn2CC)cc1OCC. The van der Waals surface area contributed by atoms with Gasteiger partial charge in [-0.1, -0.05) is 18.5 Å². The van der Waals surface area contributed by atoms with Crippen LogP contribution in [0.4, 0.5) is 0 Å². The summed E-state index contributed by atoms with van der Waals surface area (Å²) in [6.45, 7) is 10.7. The number of aryl methyl sites for hydroxylation is 1.